The van der Waals surface area contributed by atoms with Crippen LogP contribution in [0.3, 0.4) is 0 Å². The Bertz CT molecular complexity index is 825. The summed E-state index contributed by atoms with van der Waals surface area (Å²) in [5.41, 5.74) is -1.29. The summed E-state index contributed by atoms with van der Waals surface area (Å²) in [6.07, 6.45) is 25.8. The van der Waals surface area contributed by atoms with Crippen LogP contribution in [0.2, 0.25) is 0 Å². The topological polar surface area (TPSA) is 52.6 Å². The average Bonchev–Trinajstić information content (AvgIpc) is 3.68. The van der Waals surface area contributed by atoms with Gasteiger partial charge in [0.15, 0.2) is 0 Å². The molecule has 0 aromatic heterocycles. The molecule has 4 rings (SSSR count). The Labute approximate surface area is 227 Å². The first-order valence-corrected chi connectivity index (χ1v) is 15.3. The Morgan fingerprint density at radius 2 is 1.08 bits per heavy atom. The lowest BCUT2D eigenvalue weighted by molar-refractivity contribution is -0.172. The monoisotopic (exact) mass is 514 g/mol. The average molecular weight is 515 g/mol. The summed E-state index contributed by atoms with van der Waals surface area (Å²) in [5.74, 6) is 1.05. The molecule has 0 aliphatic heterocycles. The Kier molecular flexibility index (Phi) is 10.1. The van der Waals surface area contributed by atoms with Gasteiger partial charge in [-0.2, -0.15) is 0 Å². The third-order valence-electron chi connectivity index (χ3n) is 9.97. The van der Waals surface area contributed by atoms with Crippen molar-refractivity contribution in [2.75, 3.05) is 0 Å². The van der Waals surface area contributed by atoms with E-state index in [1.54, 1.807) is 0 Å². The minimum Gasteiger partial charge on any atom is -0.454 e. The third kappa shape index (κ3) is 7.09. The van der Waals surface area contributed by atoms with E-state index < -0.39 is 0 Å². The molecule has 210 valence electrons. The fourth-order valence-corrected chi connectivity index (χ4v) is 6.29. The molecule has 0 N–H and O–H groups in total. The van der Waals surface area contributed by atoms with E-state index in [4.69, 9.17) is 9.47 Å². The van der Waals surface area contributed by atoms with Crippen molar-refractivity contribution >= 4 is 11.9 Å². The number of allylic oxidation sites excluding steroid dienone is 2. The number of carbonyl (C=O) groups excluding carboxylic acids is 2. The first-order valence-electron chi connectivity index (χ1n) is 15.3. The molecule has 0 spiro atoms. The maximum atomic E-state index is 12.5. The molecule has 0 aromatic carbocycles. The van der Waals surface area contributed by atoms with E-state index in [2.05, 4.69) is 31.2 Å². The molecular weight excluding hydrogens is 460 g/mol. The molecule has 2 unspecified atom stereocenters. The molecule has 4 heteroatoms. The van der Waals surface area contributed by atoms with Crippen molar-refractivity contribution in [2.45, 2.75) is 149 Å². The zero-order valence-corrected chi connectivity index (χ0v) is 24.7. The molecule has 4 aliphatic carbocycles. The van der Waals surface area contributed by atoms with Crippen molar-refractivity contribution in [1.29, 1.82) is 0 Å². The van der Waals surface area contributed by atoms with Crippen molar-refractivity contribution in [2.24, 2.45) is 22.7 Å². The Hall–Kier alpha value is -1.58. The second-order valence-corrected chi connectivity index (χ2v) is 13.4. The Morgan fingerprint density at radius 3 is 1.43 bits per heavy atom. The fraction of sp³-hybridized carbons (Fsp3) is 0.818. The highest BCUT2D eigenvalue weighted by Crippen LogP contribution is 2.45. The van der Waals surface area contributed by atoms with Gasteiger partial charge in [-0.05, 0) is 110 Å². The fourth-order valence-electron chi connectivity index (χ4n) is 6.29. The van der Waals surface area contributed by atoms with E-state index in [0.717, 1.165) is 44.9 Å². The molecule has 0 amide bonds. The van der Waals surface area contributed by atoms with Gasteiger partial charge in [-0.15, -0.1) is 0 Å². The van der Waals surface area contributed by atoms with E-state index in [1.807, 2.05) is 34.6 Å². The molecular formula is C33H54O4. The minimum absolute atomic E-state index is 0.0200. The molecule has 0 bridgehead atoms. The van der Waals surface area contributed by atoms with Crippen LogP contribution in [0.4, 0.5) is 0 Å². The lowest BCUT2D eigenvalue weighted by atomic mass is 9.78. The quantitative estimate of drug-likeness (QED) is 0.240. The van der Waals surface area contributed by atoms with E-state index in [1.165, 1.54) is 51.4 Å². The van der Waals surface area contributed by atoms with Gasteiger partial charge in [0, 0.05) is 11.8 Å². The summed E-state index contributed by atoms with van der Waals surface area (Å²) in [7, 11) is 0. The number of rotatable bonds is 8. The van der Waals surface area contributed by atoms with E-state index in [9.17, 15) is 9.59 Å². The molecule has 2 atom stereocenters. The summed E-state index contributed by atoms with van der Waals surface area (Å²) in [5, 5.41) is 0. The van der Waals surface area contributed by atoms with Gasteiger partial charge >= 0.3 is 11.9 Å². The summed E-state index contributed by atoms with van der Waals surface area (Å²) >= 11 is 0. The lowest BCUT2D eigenvalue weighted by Crippen LogP contribution is -2.44. The molecule has 0 aromatic rings. The van der Waals surface area contributed by atoms with E-state index >= 15 is 0 Å². The van der Waals surface area contributed by atoms with Gasteiger partial charge in [0.1, 0.15) is 11.2 Å². The Balaban J connectivity index is 0.000000206. The van der Waals surface area contributed by atoms with Gasteiger partial charge in [0.2, 0.25) is 0 Å². The molecule has 4 aliphatic rings. The summed E-state index contributed by atoms with van der Waals surface area (Å²) < 4.78 is 12.1. The highest BCUT2D eigenvalue weighted by atomic mass is 16.6. The van der Waals surface area contributed by atoms with Crippen LogP contribution in [-0.2, 0) is 19.1 Å². The number of carbonyl (C=O) groups is 2. The molecule has 2 fully saturated rings. The van der Waals surface area contributed by atoms with Gasteiger partial charge < -0.3 is 9.47 Å². The van der Waals surface area contributed by atoms with Crippen molar-refractivity contribution in [3.63, 3.8) is 0 Å². The van der Waals surface area contributed by atoms with Gasteiger partial charge in [0.05, 0.1) is 10.8 Å². The third-order valence-corrected chi connectivity index (χ3v) is 9.97. The molecule has 37 heavy (non-hydrogen) atoms. The van der Waals surface area contributed by atoms with E-state index in [0.29, 0.717) is 11.8 Å². The maximum absolute atomic E-state index is 12.5. The number of esters is 2. The van der Waals surface area contributed by atoms with Crippen molar-refractivity contribution in [3.05, 3.63) is 24.3 Å². The van der Waals surface area contributed by atoms with Crippen LogP contribution in [0.1, 0.15) is 138 Å². The summed E-state index contributed by atoms with van der Waals surface area (Å²) in [6.45, 7) is 12.1. The van der Waals surface area contributed by atoms with Crippen molar-refractivity contribution < 1.29 is 19.1 Å². The Morgan fingerprint density at radius 1 is 0.676 bits per heavy atom. The van der Waals surface area contributed by atoms with Crippen LogP contribution >= 0.6 is 0 Å². The minimum atomic E-state index is -0.364. The zero-order chi connectivity index (χ0) is 27.2. The number of hydrogen-bond acceptors (Lipinski definition) is 4. The number of hydrogen-bond donors (Lipinski definition) is 0. The van der Waals surface area contributed by atoms with Crippen LogP contribution in [0, 0.1) is 22.7 Å². The van der Waals surface area contributed by atoms with Crippen molar-refractivity contribution in [1.82, 2.24) is 0 Å². The smallest absolute Gasteiger partial charge is 0.312 e. The molecule has 0 radical (unpaired) electrons. The van der Waals surface area contributed by atoms with Crippen LogP contribution < -0.4 is 0 Å². The second-order valence-electron chi connectivity index (χ2n) is 13.4. The maximum Gasteiger partial charge on any atom is 0.312 e. The first-order chi connectivity index (χ1) is 17.5. The molecule has 2 saturated carbocycles. The summed E-state index contributed by atoms with van der Waals surface area (Å²) in [4.78, 5) is 24.8. The van der Waals surface area contributed by atoms with Crippen LogP contribution in [0.25, 0.3) is 0 Å². The van der Waals surface area contributed by atoms with Gasteiger partial charge in [-0.3, -0.25) is 9.59 Å². The highest BCUT2D eigenvalue weighted by molar-refractivity contribution is 5.77. The van der Waals surface area contributed by atoms with Crippen molar-refractivity contribution in [3.8, 4) is 0 Å². The molecule has 0 saturated heterocycles. The second kappa shape index (κ2) is 12.5. The van der Waals surface area contributed by atoms with Crippen LogP contribution in [-0.4, -0.2) is 23.1 Å². The lowest BCUT2D eigenvalue weighted by Gasteiger charge is -2.40. The van der Waals surface area contributed by atoms with Gasteiger partial charge in [-0.1, -0.05) is 51.7 Å². The zero-order valence-electron chi connectivity index (χ0n) is 24.7. The van der Waals surface area contributed by atoms with Crippen LogP contribution in [0.5, 0.6) is 0 Å². The summed E-state index contributed by atoms with van der Waals surface area (Å²) in [6, 6.07) is 0. The predicted molar refractivity (Wildman–Crippen MR) is 151 cm³/mol. The van der Waals surface area contributed by atoms with Crippen LogP contribution in [0.15, 0.2) is 24.3 Å². The predicted octanol–water partition coefficient (Wildman–Crippen LogP) is 8.88. The first kappa shape index (κ1) is 30.0. The largest absolute Gasteiger partial charge is 0.454 e. The standard InChI is InChI=1S/C17H28O2.C16H26O2/c1-4-16(2,3)15(18)19-17(12-8-5-9-13-17)14-10-6-7-11-14;1-4-15(2,3)14(17)18-16(11-7-8-12-16)13-9-5-6-10-13/h8,12,14H,4-7,9-11,13H2,1-3H3;7,11,13H,4-6,8-10,12H2,1-3H3. The van der Waals surface area contributed by atoms with Gasteiger partial charge in [0.25, 0.3) is 0 Å². The van der Waals surface area contributed by atoms with E-state index in [-0.39, 0.29) is 34.0 Å². The normalized spacial score (nSPS) is 28.7. The number of ether oxygens (including phenoxy) is 2. The highest BCUT2D eigenvalue weighted by Gasteiger charge is 2.46. The molecule has 0 heterocycles. The SMILES string of the molecule is CCC(C)(C)C(=O)OC1(C2CCCC2)C=CCC1.CCC(C)(C)C(=O)OC1(C2CCCC2)C=CCCC1. The van der Waals surface area contributed by atoms with Gasteiger partial charge in [-0.25, -0.2) is 0 Å². The molecule has 4 nitrogen and oxygen atoms in total.